The predicted molar refractivity (Wildman–Crippen MR) is 95.1 cm³/mol. The lowest BCUT2D eigenvalue weighted by atomic mass is 9.85. The van der Waals surface area contributed by atoms with Gasteiger partial charge in [-0.25, -0.2) is 8.42 Å². The highest BCUT2D eigenvalue weighted by Crippen LogP contribution is 2.67. The molecule has 2 aromatic carbocycles. The van der Waals surface area contributed by atoms with Gasteiger partial charge in [0.1, 0.15) is 0 Å². The van der Waals surface area contributed by atoms with Crippen molar-refractivity contribution in [1.82, 2.24) is 4.31 Å². The monoisotopic (exact) mass is 339 g/mol. The minimum Gasteiger partial charge on any atom is -0.273 e. The average Bonchev–Trinajstić information content (AvgIpc) is 3.22. The molecule has 0 saturated heterocycles. The lowest BCUT2D eigenvalue weighted by Crippen LogP contribution is -2.38. The van der Waals surface area contributed by atoms with E-state index < -0.39 is 10.0 Å². The average molecular weight is 339 g/mol. The summed E-state index contributed by atoms with van der Waals surface area (Å²) in [6, 6.07) is 17.3. The Morgan fingerprint density at radius 1 is 1.00 bits per heavy atom. The number of rotatable bonds is 3. The van der Waals surface area contributed by atoms with Crippen LogP contribution in [0.25, 0.3) is 0 Å². The largest absolute Gasteiger partial charge is 0.273 e. The van der Waals surface area contributed by atoms with Gasteiger partial charge in [0.2, 0.25) is 0 Å². The number of nitrogens with zero attached hydrogens (tertiary/aromatic N) is 1. The van der Waals surface area contributed by atoms with Crippen LogP contribution in [0, 0.1) is 12.3 Å². The van der Waals surface area contributed by atoms with E-state index in [2.05, 4.69) is 25.1 Å². The molecule has 4 heteroatoms. The second-order valence-corrected chi connectivity index (χ2v) is 9.11. The van der Waals surface area contributed by atoms with Gasteiger partial charge in [0.05, 0.1) is 4.90 Å². The molecule has 2 aromatic rings. The third kappa shape index (κ3) is 2.13. The van der Waals surface area contributed by atoms with Gasteiger partial charge in [0.25, 0.3) is 10.0 Å². The normalized spacial score (nSPS) is 28.5. The van der Waals surface area contributed by atoms with Gasteiger partial charge in [-0.05, 0) is 36.5 Å². The second-order valence-electron chi connectivity index (χ2n) is 7.22. The molecule has 1 heterocycles. The van der Waals surface area contributed by atoms with E-state index in [1.165, 1.54) is 9.87 Å². The van der Waals surface area contributed by atoms with E-state index in [1.54, 1.807) is 18.3 Å². The number of benzene rings is 2. The van der Waals surface area contributed by atoms with Crippen LogP contribution in [0.5, 0.6) is 0 Å². The summed E-state index contributed by atoms with van der Waals surface area (Å²) in [7, 11) is -3.51. The van der Waals surface area contributed by atoms with Crippen LogP contribution < -0.4 is 0 Å². The van der Waals surface area contributed by atoms with Gasteiger partial charge in [0, 0.05) is 18.2 Å². The number of fused-ring (bicyclic) bond motifs is 1. The molecule has 2 aliphatic rings. The maximum atomic E-state index is 13.0. The van der Waals surface area contributed by atoms with E-state index >= 15 is 0 Å². The van der Waals surface area contributed by atoms with Crippen molar-refractivity contribution in [3.8, 4) is 0 Å². The van der Waals surface area contributed by atoms with Crippen LogP contribution in [0.4, 0.5) is 0 Å². The molecule has 0 aromatic heterocycles. The number of allylic oxidation sites excluding steroid dienone is 1. The summed E-state index contributed by atoms with van der Waals surface area (Å²) < 4.78 is 27.5. The molecular weight excluding hydrogens is 318 g/mol. The molecule has 1 fully saturated rings. The summed E-state index contributed by atoms with van der Waals surface area (Å²) >= 11 is 0. The van der Waals surface area contributed by atoms with E-state index in [4.69, 9.17) is 0 Å². The first-order valence-corrected chi connectivity index (χ1v) is 9.65. The first kappa shape index (κ1) is 15.5. The Hall–Kier alpha value is -2.07. The molecule has 0 bridgehead atoms. The summed E-state index contributed by atoms with van der Waals surface area (Å²) in [4.78, 5) is 0.352. The van der Waals surface area contributed by atoms with Crippen LogP contribution in [0.15, 0.2) is 71.8 Å². The Bertz CT molecular complexity index is 902. The highest BCUT2D eigenvalue weighted by molar-refractivity contribution is 7.89. The van der Waals surface area contributed by atoms with Crippen molar-refractivity contribution in [1.29, 1.82) is 0 Å². The summed E-state index contributed by atoms with van der Waals surface area (Å²) in [6.07, 6.45) is 4.80. The molecule has 0 spiro atoms. The van der Waals surface area contributed by atoms with Crippen molar-refractivity contribution in [3.05, 3.63) is 78.0 Å². The van der Waals surface area contributed by atoms with Gasteiger partial charge in [-0.15, -0.1) is 0 Å². The number of hydrogen-bond donors (Lipinski definition) is 0. The molecule has 1 aliphatic heterocycles. The summed E-state index contributed by atoms with van der Waals surface area (Å²) in [6.45, 7) is 4.67. The Morgan fingerprint density at radius 2 is 1.67 bits per heavy atom. The van der Waals surface area contributed by atoms with Crippen LogP contribution in [0.2, 0.25) is 0 Å². The number of hydrogen-bond acceptors (Lipinski definition) is 2. The fourth-order valence-electron chi connectivity index (χ4n) is 3.90. The van der Waals surface area contributed by atoms with Gasteiger partial charge in [-0.2, -0.15) is 0 Å². The molecule has 24 heavy (non-hydrogen) atoms. The van der Waals surface area contributed by atoms with Crippen LogP contribution in [0.3, 0.4) is 0 Å². The lowest BCUT2D eigenvalue weighted by Gasteiger charge is -2.33. The number of aryl methyl sites for hydroxylation is 1. The minimum absolute atomic E-state index is 0.0493. The van der Waals surface area contributed by atoms with Crippen molar-refractivity contribution in [3.63, 3.8) is 0 Å². The predicted octanol–water partition coefficient (Wildman–Crippen LogP) is 3.86. The van der Waals surface area contributed by atoms with Gasteiger partial charge in [-0.3, -0.25) is 4.31 Å². The molecule has 0 N–H and O–H groups in total. The van der Waals surface area contributed by atoms with Crippen LogP contribution in [-0.2, 0) is 15.4 Å². The Morgan fingerprint density at radius 3 is 2.33 bits per heavy atom. The SMILES string of the molecule is Cc1ccc(S(=O)(=O)N2C=C[C@@]3(C)C[C@@]3(c3ccccc3)C2)cc1. The second kappa shape index (κ2) is 4.96. The topological polar surface area (TPSA) is 37.4 Å². The Balaban J connectivity index is 1.72. The molecule has 3 nitrogen and oxygen atoms in total. The summed E-state index contributed by atoms with van der Waals surface area (Å²) in [5.41, 5.74) is 2.22. The molecule has 124 valence electrons. The Labute approximate surface area is 143 Å². The van der Waals surface area contributed by atoms with Crippen molar-refractivity contribution in [2.75, 3.05) is 6.54 Å². The fourth-order valence-corrected chi connectivity index (χ4v) is 5.26. The molecule has 1 aliphatic carbocycles. The molecule has 4 rings (SSSR count). The van der Waals surface area contributed by atoms with Crippen molar-refractivity contribution >= 4 is 10.0 Å². The third-order valence-electron chi connectivity index (χ3n) is 5.63. The number of sulfonamides is 1. The zero-order valence-electron chi connectivity index (χ0n) is 13.9. The third-order valence-corrected chi connectivity index (χ3v) is 7.36. The van der Waals surface area contributed by atoms with Crippen molar-refractivity contribution < 1.29 is 8.42 Å². The van der Waals surface area contributed by atoms with Crippen LogP contribution in [0.1, 0.15) is 24.5 Å². The summed E-state index contributed by atoms with van der Waals surface area (Å²) in [5.74, 6) is 0. The maximum Gasteiger partial charge on any atom is 0.263 e. The van der Waals surface area contributed by atoms with Gasteiger partial charge < -0.3 is 0 Å². The van der Waals surface area contributed by atoms with Crippen LogP contribution in [-0.4, -0.2) is 19.3 Å². The molecule has 2 atom stereocenters. The van der Waals surface area contributed by atoms with E-state index in [0.29, 0.717) is 11.4 Å². The fraction of sp³-hybridized carbons (Fsp3) is 0.300. The molecule has 0 radical (unpaired) electrons. The van der Waals surface area contributed by atoms with Gasteiger partial charge in [-0.1, -0.05) is 61.0 Å². The molecular formula is C20H21NO2S. The Kier molecular flexibility index (Phi) is 3.20. The standard InChI is InChI=1S/C20H21NO2S/c1-16-8-10-18(11-9-16)24(22,23)21-13-12-19(2)14-20(19,15-21)17-6-4-3-5-7-17/h3-13H,14-15H2,1-2H3/t19-,20-/m0/s1. The highest BCUT2D eigenvalue weighted by atomic mass is 32.2. The van der Waals surface area contributed by atoms with E-state index in [1.807, 2.05) is 37.3 Å². The zero-order chi connectivity index (χ0) is 17.0. The molecule has 0 unspecified atom stereocenters. The van der Waals surface area contributed by atoms with E-state index in [9.17, 15) is 8.42 Å². The first-order chi connectivity index (χ1) is 11.4. The smallest absolute Gasteiger partial charge is 0.263 e. The lowest BCUT2D eigenvalue weighted by molar-refractivity contribution is 0.392. The minimum atomic E-state index is -3.51. The van der Waals surface area contributed by atoms with E-state index in [-0.39, 0.29) is 10.8 Å². The molecule has 0 amide bonds. The van der Waals surface area contributed by atoms with E-state index in [0.717, 1.165) is 12.0 Å². The van der Waals surface area contributed by atoms with Gasteiger partial charge in [0.15, 0.2) is 0 Å². The van der Waals surface area contributed by atoms with Crippen molar-refractivity contribution in [2.45, 2.75) is 30.6 Å². The first-order valence-electron chi connectivity index (χ1n) is 8.21. The quantitative estimate of drug-likeness (QED) is 0.851. The van der Waals surface area contributed by atoms with Crippen molar-refractivity contribution in [2.24, 2.45) is 5.41 Å². The highest BCUT2D eigenvalue weighted by Gasteiger charge is 2.66. The van der Waals surface area contributed by atoms with Crippen LogP contribution >= 0.6 is 0 Å². The molecule has 1 saturated carbocycles. The van der Waals surface area contributed by atoms with Gasteiger partial charge >= 0.3 is 0 Å². The maximum absolute atomic E-state index is 13.0. The summed E-state index contributed by atoms with van der Waals surface area (Å²) in [5, 5.41) is 0. The zero-order valence-corrected chi connectivity index (χ0v) is 14.8.